The van der Waals surface area contributed by atoms with Gasteiger partial charge in [0.15, 0.2) is 0 Å². The Morgan fingerprint density at radius 2 is 1.96 bits per heavy atom. The van der Waals surface area contributed by atoms with E-state index < -0.39 is 22.9 Å². The standard InChI is InChI=1S/C19H17ClN4O4/c1-10-6-7-13(20)9-15(10)22-18(25)16-11(2)21-19(26)23-17(16)12-4-3-5-14(8-12)24(27)28/h3-9,17H,1-2H3,(H,22,25)(H2,21,23,26). The molecule has 0 fully saturated rings. The van der Waals surface area contributed by atoms with Gasteiger partial charge in [0.25, 0.3) is 11.6 Å². The molecule has 1 aliphatic heterocycles. The number of nitrogens with one attached hydrogen (secondary N) is 3. The van der Waals surface area contributed by atoms with E-state index in [1.54, 1.807) is 31.2 Å². The highest BCUT2D eigenvalue weighted by atomic mass is 35.5. The minimum Gasteiger partial charge on any atom is -0.327 e. The number of urea groups is 1. The minimum absolute atomic E-state index is 0.131. The Hall–Kier alpha value is -3.39. The fourth-order valence-electron chi connectivity index (χ4n) is 2.98. The van der Waals surface area contributed by atoms with E-state index in [9.17, 15) is 19.7 Å². The molecule has 1 heterocycles. The molecular formula is C19H17ClN4O4. The van der Waals surface area contributed by atoms with Crippen molar-refractivity contribution >= 4 is 34.9 Å². The minimum atomic E-state index is -0.840. The van der Waals surface area contributed by atoms with Gasteiger partial charge in [-0.1, -0.05) is 29.8 Å². The van der Waals surface area contributed by atoms with Crippen molar-refractivity contribution in [1.29, 1.82) is 0 Å². The van der Waals surface area contributed by atoms with Gasteiger partial charge >= 0.3 is 6.03 Å². The van der Waals surface area contributed by atoms with Gasteiger partial charge in [0.2, 0.25) is 0 Å². The van der Waals surface area contributed by atoms with Gasteiger partial charge in [0, 0.05) is 28.5 Å². The SMILES string of the molecule is CC1=C(C(=O)Nc2cc(Cl)ccc2C)C(c2cccc([N+](=O)[O-])c2)NC(=O)N1. The summed E-state index contributed by atoms with van der Waals surface area (Å²) >= 11 is 6.01. The number of carbonyl (C=O) groups is 2. The van der Waals surface area contributed by atoms with E-state index in [1.165, 1.54) is 18.2 Å². The topological polar surface area (TPSA) is 113 Å². The fraction of sp³-hybridized carbons (Fsp3) is 0.158. The normalized spacial score (nSPS) is 16.2. The molecule has 0 bridgehead atoms. The highest BCUT2D eigenvalue weighted by Crippen LogP contribution is 2.30. The van der Waals surface area contributed by atoms with Crippen molar-refractivity contribution in [2.24, 2.45) is 0 Å². The number of nitro benzene ring substituents is 1. The van der Waals surface area contributed by atoms with Crippen LogP contribution >= 0.6 is 11.6 Å². The molecule has 0 aromatic heterocycles. The van der Waals surface area contributed by atoms with Crippen LogP contribution in [0.25, 0.3) is 0 Å². The third kappa shape index (κ3) is 3.96. The number of halogens is 1. The van der Waals surface area contributed by atoms with Gasteiger partial charge in [0.05, 0.1) is 16.5 Å². The van der Waals surface area contributed by atoms with E-state index in [1.807, 2.05) is 6.92 Å². The van der Waals surface area contributed by atoms with Crippen molar-refractivity contribution in [1.82, 2.24) is 10.6 Å². The van der Waals surface area contributed by atoms with Crippen LogP contribution in [0.15, 0.2) is 53.7 Å². The molecule has 9 heteroatoms. The summed E-state index contributed by atoms with van der Waals surface area (Å²) in [6.45, 7) is 3.43. The van der Waals surface area contributed by atoms with Gasteiger partial charge in [-0.2, -0.15) is 0 Å². The van der Waals surface area contributed by atoms with Crippen LogP contribution in [-0.4, -0.2) is 16.9 Å². The summed E-state index contributed by atoms with van der Waals surface area (Å²) in [6, 6.07) is 9.59. The fourth-order valence-corrected chi connectivity index (χ4v) is 3.15. The second-order valence-electron chi connectivity index (χ2n) is 6.34. The average molecular weight is 401 g/mol. The molecule has 8 nitrogen and oxygen atoms in total. The predicted molar refractivity (Wildman–Crippen MR) is 105 cm³/mol. The number of hydrogen-bond donors (Lipinski definition) is 3. The number of anilines is 1. The second kappa shape index (κ2) is 7.69. The van der Waals surface area contributed by atoms with Crippen molar-refractivity contribution in [3.05, 3.63) is 80.0 Å². The Kier molecular flexibility index (Phi) is 5.32. The van der Waals surface area contributed by atoms with Crippen molar-refractivity contribution in [3.8, 4) is 0 Å². The molecule has 2 aromatic carbocycles. The van der Waals surface area contributed by atoms with E-state index in [0.29, 0.717) is 22.0 Å². The molecule has 0 saturated heterocycles. The lowest BCUT2D eigenvalue weighted by molar-refractivity contribution is -0.384. The molecule has 1 aliphatic rings. The molecule has 2 aromatic rings. The van der Waals surface area contributed by atoms with Crippen LogP contribution in [0.2, 0.25) is 5.02 Å². The summed E-state index contributed by atoms with van der Waals surface area (Å²) in [4.78, 5) is 35.5. The number of rotatable bonds is 4. The van der Waals surface area contributed by atoms with Gasteiger partial charge in [-0.25, -0.2) is 4.79 Å². The van der Waals surface area contributed by atoms with Crippen molar-refractivity contribution in [3.63, 3.8) is 0 Å². The highest BCUT2D eigenvalue weighted by molar-refractivity contribution is 6.31. The van der Waals surface area contributed by atoms with Crippen LogP contribution in [0.4, 0.5) is 16.2 Å². The summed E-state index contributed by atoms with van der Waals surface area (Å²) in [6.07, 6.45) is 0. The van der Waals surface area contributed by atoms with Gasteiger partial charge in [-0.3, -0.25) is 14.9 Å². The van der Waals surface area contributed by atoms with E-state index in [2.05, 4.69) is 16.0 Å². The Morgan fingerprint density at radius 1 is 1.21 bits per heavy atom. The monoisotopic (exact) mass is 400 g/mol. The predicted octanol–water partition coefficient (Wildman–Crippen LogP) is 3.82. The lowest BCUT2D eigenvalue weighted by atomic mass is 9.94. The first kappa shape index (κ1) is 19.4. The first-order valence-electron chi connectivity index (χ1n) is 8.36. The van der Waals surface area contributed by atoms with Crippen LogP contribution < -0.4 is 16.0 Å². The molecule has 1 atom stereocenters. The molecule has 0 saturated carbocycles. The van der Waals surface area contributed by atoms with E-state index in [-0.39, 0.29) is 11.3 Å². The number of nitro groups is 1. The van der Waals surface area contributed by atoms with Crippen LogP contribution in [0.1, 0.15) is 24.1 Å². The van der Waals surface area contributed by atoms with Crippen molar-refractivity contribution in [2.45, 2.75) is 19.9 Å². The van der Waals surface area contributed by atoms with Crippen LogP contribution in [0.5, 0.6) is 0 Å². The molecule has 3 amide bonds. The highest BCUT2D eigenvalue weighted by Gasteiger charge is 2.32. The van der Waals surface area contributed by atoms with E-state index in [0.717, 1.165) is 5.56 Å². The summed E-state index contributed by atoms with van der Waals surface area (Å²) in [5.74, 6) is -0.452. The van der Waals surface area contributed by atoms with Crippen LogP contribution in [0.3, 0.4) is 0 Å². The third-order valence-corrected chi connectivity index (χ3v) is 4.61. The lowest BCUT2D eigenvalue weighted by Crippen LogP contribution is -2.46. The van der Waals surface area contributed by atoms with Gasteiger partial charge < -0.3 is 16.0 Å². The molecule has 1 unspecified atom stereocenters. The molecule has 3 rings (SSSR count). The number of aryl methyl sites for hydroxylation is 1. The maximum absolute atomic E-state index is 13.0. The molecule has 0 aliphatic carbocycles. The zero-order valence-corrected chi connectivity index (χ0v) is 15.8. The second-order valence-corrected chi connectivity index (χ2v) is 6.77. The quantitative estimate of drug-likeness (QED) is 0.534. The molecule has 0 spiro atoms. The van der Waals surface area contributed by atoms with E-state index in [4.69, 9.17) is 11.6 Å². The number of amides is 3. The molecular weight excluding hydrogens is 384 g/mol. The first-order valence-corrected chi connectivity index (χ1v) is 8.74. The summed E-state index contributed by atoms with van der Waals surface area (Å²) in [7, 11) is 0. The van der Waals surface area contributed by atoms with Crippen molar-refractivity contribution in [2.75, 3.05) is 5.32 Å². The summed E-state index contributed by atoms with van der Waals surface area (Å²) < 4.78 is 0. The van der Waals surface area contributed by atoms with Gasteiger partial charge in [-0.15, -0.1) is 0 Å². The Labute approximate surface area is 165 Å². The Balaban J connectivity index is 2.00. The number of allylic oxidation sites excluding steroid dienone is 1. The number of nitrogens with zero attached hydrogens (tertiary/aromatic N) is 1. The summed E-state index contributed by atoms with van der Waals surface area (Å²) in [5, 5.41) is 19.6. The number of hydrogen-bond acceptors (Lipinski definition) is 4. The molecule has 144 valence electrons. The average Bonchev–Trinajstić information content (AvgIpc) is 2.64. The maximum atomic E-state index is 13.0. The number of carbonyl (C=O) groups excluding carboxylic acids is 2. The lowest BCUT2D eigenvalue weighted by Gasteiger charge is -2.28. The van der Waals surface area contributed by atoms with Crippen molar-refractivity contribution < 1.29 is 14.5 Å². The van der Waals surface area contributed by atoms with Gasteiger partial charge in [0.1, 0.15) is 0 Å². The number of non-ortho nitro benzene ring substituents is 1. The Morgan fingerprint density at radius 3 is 2.68 bits per heavy atom. The Bertz CT molecular complexity index is 1020. The third-order valence-electron chi connectivity index (χ3n) is 4.38. The van der Waals surface area contributed by atoms with Crippen LogP contribution in [-0.2, 0) is 4.79 Å². The molecule has 3 N–H and O–H groups in total. The molecule has 0 radical (unpaired) electrons. The maximum Gasteiger partial charge on any atom is 0.319 e. The molecule has 28 heavy (non-hydrogen) atoms. The smallest absolute Gasteiger partial charge is 0.319 e. The largest absolute Gasteiger partial charge is 0.327 e. The summed E-state index contributed by atoms with van der Waals surface area (Å²) in [5.41, 5.74) is 2.25. The zero-order valence-electron chi connectivity index (χ0n) is 15.1. The first-order chi connectivity index (χ1) is 13.3. The van der Waals surface area contributed by atoms with Gasteiger partial charge in [-0.05, 0) is 37.1 Å². The van der Waals surface area contributed by atoms with Crippen LogP contribution in [0, 0.1) is 17.0 Å². The van der Waals surface area contributed by atoms with E-state index >= 15 is 0 Å². The number of benzene rings is 2. The zero-order chi connectivity index (χ0) is 20.4.